The van der Waals surface area contributed by atoms with Crippen molar-refractivity contribution in [2.45, 2.75) is 97.0 Å². The van der Waals surface area contributed by atoms with Gasteiger partial charge in [0.2, 0.25) is 5.60 Å². The number of nitrogens with zero attached hydrogens (tertiary/aromatic N) is 3. The number of thioether (sulfide) groups is 1. The van der Waals surface area contributed by atoms with E-state index in [1.54, 1.807) is 41.5 Å². The first-order valence-electron chi connectivity index (χ1n) is 13.6. The molecule has 0 aliphatic carbocycles. The summed E-state index contributed by atoms with van der Waals surface area (Å²) in [7, 11) is 5.10. The second kappa shape index (κ2) is 13.2. The highest BCUT2D eigenvalue weighted by atomic mass is 32.2. The first-order valence-corrected chi connectivity index (χ1v) is 15.5. The summed E-state index contributed by atoms with van der Waals surface area (Å²) in [5.74, 6) is -2.58. The predicted molar refractivity (Wildman–Crippen MR) is 164 cm³/mol. The number of ether oxygens (including phenoxy) is 2. The molecule has 0 unspecified atom stereocenters. The molecule has 1 saturated heterocycles. The molecular weight excluding hydrogens is 613 g/mol. The predicted octanol–water partition coefficient (Wildman–Crippen LogP) is 3.02. The number of rotatable bonds is 9. The largest absolute Gasteiger partial charge is 0.539 e. The molecule has 2 aliphatic rings. The van der Waals surface area contributed by atoms with E-state index in [0.717, 1.165) is 11.3 Å². The Balaban J connectivity index is 1.88. The normalized spacial score (nSPS) is 19.0. The molecule has 17 heteroatoms. The number of fused-ring (bicyclic) bond motifs is 1. The molecule has 0 spiro atoms. The number of anilines is 1. The Bertz CT molecular complexity index is 1390. The van der Waals surface area contributed by atoms with Gasteiger partial charge in [0.05, 0.1) is 0 Å². The van der Waals surface area contributed by atoms with Crippen molar-refractivity contribution >= 4 is 71.8 Å². The third-order valence-corrected chi connectivity index (χ3v) is 7.98. The van der Waals surface area contributed by atoms with Gasteiger partial charge >= 0.3 is 26.1 Å². The first kappa shape index (κ1) is 34.9. The average Bonchev–Trinajstić information content (AvgIpc) is 3.35. The van der Waals surface area contributed by atoms with Gasteiger partial charge in [-0.2, -0.15) is 0 Å². The number of oxime groups is 1. The van der Waals surface area contributed by atoms with Crippen molar-refractivity contribution in [2.75, 3.05) is 11.1 Å². The minimum Gasteiger partial charge on any atom is -0.539 e. The highest BCUT2D eigenvalue weighted by Gasteiger charge is 2.54. The second-order valence-corrected chi connectivity index (χ2v) is 14.2. The van der Waals surface area contributed by atoms with Gasteiger partial charge in [0.25, 0.3) is 11.8 Å². The number of thiazole rings is 1. The summed E-state index contributed by atoms with van der Waals surface area (Å²) >= 11 is 2.34. The Morgan fingerprint density at radius 3 is 2.30 bits per heavy atom. The number of β-lactam (4-membered cyclic amide) rings is 1. The van der Waals surface area contributed by atoms with Crippen LogP contribution in [0.2, 0.25) is 0 Å². The molecule has 0 bridgehead atoms. The van der Waals surface area contributed by atoms with Crippen LogP contribution < -0.4 is 10.6 Å². The summed E-state index contributed by atoms with van der Waals surface area (Å²) in [6.45, 7) is 14.8. The highest BCUT2D eigenvalue weighted by Crippen LogP contribution is 2.41. The number of carbonyl (C=O) groups excluding carboxylic acids is 5. The SMILES string of the molecule is [B]OC(=O)C1=C(CC)CS[C@@H]2[C@H](NC(=O)/C(=N\OC(C)(C)C(=O)OC(C)(C)C)c3csc(NC(=O)OC(C)(C)C)n3)C(=O)N12. The van der Waals surface area contributed by atoms with Crippen molar-refractivity contribution < 1.29 is 42.9 Å². The van der Waals surface area contributed by atoms with E-state index in [9.17, 15) is 24.0 Å². The third-order valence-electron chi connectivity index (χ3n) is 5.89. The lowest BCUT2D eigenvalue weighted by molar-refractivity contribution is -0.179. The van der Waals surface area contributed by atoms with Gasteiger partial charge in [-0.3, -0.25) is 19.8 Å². The van der Waals surface area contributed by atoms with Crippen LogP contribution in [0.1, 0.15) is 74.4 Å². The molecule has 3 amide bonds. The van der Waals surface area contributed by atoms with Crippen LogP contribution in [0.15, 0.2) is 21.8 Å². The molecule has 1 aromatic heterocycles. The van der Waals surface area contributed by atoms with E-state index in [1.165, 1.54) is 35.9 Å². The smallest absolute Gasteiger partial charge is 0.413 e. The summed E-state index contributed by atoms with van der Waals surface area (Å²) in [6.07, 6.45) is -0.264. The van der Waals surface area contributed by atoms with E-state index in [0.29, 0.717) is 17.7 Å². The fourth-order valence-corrected chi connectivity index (χ4v) is 5.97. The Kier molecular flexibility index (Phi) is 10.5. The van der Waals surface area contributed by atoms with Crippen LogP contribution in [0.5, 0.6) is 0 Å². The molecule has 2 radical (unpaired) electrons. The Hall–Kier alpha value is -3.60. The number of esters is 1. The summed E-state index contributed by atoms with van der Waals surface area (Å²) in [5, 5.41) is 9.99. The van der Waals surface area contributed by atoms with Crippen LogP contribution in [-0.2, 0) is 38.1 Å². The third kappa shape index (κ3) is 8.31. The van der Waals surface area contributed by atoms with E-state index < -0.39 is 58.1 Å². The summed E-state index contributed by atoms with van der Waals surface area (Å²) in [5.41, 5.74) is -2.84. The number of aromatic nitrogens is 1. The quantitative estimate of drug-likeness (QED) is 0.132. The molecule has 0 saturated carbocycles. The molecule has 1 fully saturated rings. The van der Waals surface area contributed by atoms with Crippen LogP contribution in [0.3, 0.4) is 0 Å². The topological polar surface area (TPSA) is 175 Å². The number of amides is 3. The van der Waals surface area contributed by atoms with Gasteiger partial charge in [0.15, 0.2) is 10.8 Å². The molecule has 3 heterocycles. The van der Waals surface area contributed by atoms with Gasteiger partial charge < -0.3 is 24.3 Å². The van der Waals surface area contributed by atoms with E-state index >= 15 is 0 Å². The Labute approximate surface area is 265 Å². The number of nitrogens with one attached hydrogen (secondary N) is 2. The van der Waals surface area contributed by atoms with Crippen LogP contribution in [-0.4, -0.2) is 87.5 Å². The molecule has 3 rings (SSSR count). The maximum atomic E-state index is 13.6. The van der Waals surface area contributed by atoms with Gasteiger partial charge in [-0.05, 0) is 67.4 Å². The molecule has 2 N–H and O–H groups in total. The minimum atomic E-state index is -1.62. The fraction of sp³-hybridized carbons (Fsp3) is 0.593. The van der Waals surface area contributed by atoms with Crippen LogP contribution in [0, 0.1) is 0 Å². The molecular formula is C27H36BN5O9S2. The number of hydrogen-bond donors (Lipinski definition) is 2. The van der Waals surface area contributed by atoms with Gasteiger partial charge in [-0.1, -0.05) is 12.1 Å². The molecule has 44 heavy (non-hydrogen) atoms. The maximum absolute atomic E-state index is 13.6. The van der Waals surface area contributed by atoms with Crippen LogP contribution in [0.25, 0.3) is 0 Å². The Morgan fingerprint density at radius 2 is 1.73 bits per heavy atom. The zero-order valence-electron chi connectivity index (χ0n) is 26.1. The van der Waals surface area contributed by atoms with Gasteiger partial charge in [0.1, 0.15) is 34.0 Å². The lowest BCUT2D eigenvalue weighted by atomic mass is 10.0. The van der Waals surface area contributed by atoms with Crippen molar-refractivity contribution in [3.8, 4) is 0 Å². The van der Waals surface area contributed by atoms with E-state index in [-0.39, 0.29) is 22.2 Å². The Morgan fingerprint density at radius 1 is 1.09 bits per heavy atom. The lowest BCUT2D eigenvalue weighted by Crippen LogP contribution is -2.71. The van der Waals surface area contributed by atoms with Crippen molar-refractivity contribution in [3.63, 3.8) is 0 Å². The maximum Gasteiger partial charge on any atom is 0.413 e. The van der Waals surface area contributed by atoms with Crippen molar-refractivity contribution in [1.82, 2.24) is 15.2 Å². The number of hydrogen-bond acceptors (Lipinski definition) is 13. The zero-order valence-corrected chi connectivity index (χ0v) is 27.7. The first-order chi connectivity index (χ1) is 20.3. The van der Waals surface area contributed by atoms with E-state index in [1.807, 2.05) is 6.92 Å². The number of carbonyl (C=O) groups is 5. The van der Waals surface area contributed by atoms with Crippen molar-refractivity contribution in [3.05, 3.63) is 22.3 Å². The van der Waals surface area contributed by atoms with Crippen molar-refractivity contribution in [2.24, 2.45) is 5.16 Å². The van der Waals surface area contributed by atoms with Crippen LogP contribution >= 0.6 is 23.1 Å². The second-order valence-electron chi connectivity index (χ2n) is 12.3. The fourth-order valence-electron chi connectivity index (χ4n) is 3.84. The van der Waals surface area contributed by atoms with Crippen LogP contribution in [0.4, 0.5) is 9.93 Å². The minimum absolute atomic E-state index is 0.0148. The molecule has 2 aliphatic heterocycles. The molecule has 2 atom stereocenters. The molecule has 238 valence electrons. The van der Waals surface area contributed by atoms with Gasteiger partial charge in [-0.15, -0.1) is 23.1 Å². The summed E-state index contributed by atoms with van der Waals surface area (Å²) in [4.78, 5) is 75.1. The summed E-state index contributed by atoms with van der Waals surface area (Å²) < 4.78 is 15.0. The highest BCUT2D eigenvalue weighted by molar-refractivity contribution is 8.00. The molecule has 14 nitrogen and oxygen atoms in total. The average molecular weight is 650 g/mol. The van der Waals surface area contributed by atoms with E-state index in [4.69, 9.17) is 22.4 Å². The monoisotopic (exact) mass is 649 g/mol. The molecule has 0 aromatic carbocycles. The summed E-state index contributed by atoms with van der Waals surface area (Å²) in [6, 6.07) is -1.03. The zero-order chi connectivity index (χ0) is 33.2. The standard InChI is InChI=1S/C27H36BN5O9S2/c1-10-13-11-43-20-16(19(35)33(20)17(13)21(36)41-28)30-18(34)15(32-42-27(8,9)22(37)39-25(2,3)4)14-12-44-23(29-14)31-24(38)40-26(5,6)7/h12,16,20H,10-11H2,1-9H3,(H,30,34)(H,29,31,38)/b32-15-/t16-,20-/m1/s1. The van der Waals surface area contributed by atoms with Gasteiger partial charge in [-0.25, -0.2) is 19.4 Å². The van der Waals surface area contributed by atoms with Crippen molar-refractivity contribution in [1.29, 1.82) is 0 Å². The lowest BCUT2D eigenvalue weighted by Gasteiger charge is -2.49. The van der Waals surface area contributed by atoms with Gasteiger partial charge in [0, 0.05) is 11.1 Å². The van der Waals surface area contributed by atoms with E-state index in [2.05, 4.69) is 25.4 Å². The molecule has 1 aromatic rings.